The first-order valence-electron chi connectivity index (χ1n) is 8.83. The van der Waals surface area contributed by atoms with E-state index in [4.69, 9.17) is 18.9 Å². The zero-order valence-electron chi connectivity index (χ0n) is 14.2. The average Bonchev–Trinajstić information content (AvgIpc) is 3.08. The van der Waals surface area contributed by atoms with E-state index in [2.05, 4.69) is 6.58 Å². The van der Waals surface area contributed by atoms with E-state index < -0.39 is 0 Å². The zero-order valence-corrected chi connectivity index (χ0v) is 14.2. The third-order valence-electron chi connectivity index (χ3n) is 5.02. The number of fused-ring (bicyclic) bond motifs is 2. The molecule has 1 aromatic carbocycles. The summed E-state index contributed by atoms with van der Waals surface area (Å²) in [6.07, 6.45) is 3.45. The van der Waals surface area contributed by atoms with Gasteiger partial charge in [-0.1, -0.05) is 12.1 Å². The highest BCUT2D eigenvalue weighted by atomic mass is 16.6. The monoisotopic (exact) mass is 345 g/mol. The Morgan fingerprint density at radius 3 is 3.04 bits per heavy atom. The molecule has 0 N–H and O–H groups in total. The Labute approximate surface area is 147 Å². The zero-order chi connectivity index (χ0) is 17.2. The molecule has 0 radical (unpaired) electrons. The van der Waals surface area contributed by atoms with E-state index >= 15 is 0 Å². The van der Waals surface area contributed by atoms with E-state index in [0.717, 1.165) is 12.8 Å². The molecule has 134 valence electrons. The molecule has 0 spiro atoms. The normalized spacial score (nSPS) is 27.7. The fourth-order valence-corrected chi connectivity index (χ4v) is 3.93. The number of morpholine rings is 1. The minimum atomic E-state index is -0.0747. The van der Waals surface area contributed by atoms with Crippen LogP contribution in [0.5, 0.6) is 11.5 Å². The molecular weight excluding hydrogens is 322 g/mol. The van der Waals surface area contributed by atoms with Gasteiger partial charge in [-0.05, 0) is 25.0 Å². The van der Waals surface area contributed by atoms with Crippen LogP contribution in [0.2, 0.25) is 0 Å². The van der Waals surface area contributed by atoms with Crippen LogP contribution in [-0.4, -0.2) is 62.0 Å². The van der Waals surface area contributed by atoms with Crippen molar-refractivity contribution in [3.63, 3.8) is 0 Å². The molecule has 1 saturated heterocycles. The van der Waals surface area contributed by atoms with Crippen molar-refractivity contribution in [1.29, 1.82) is 0 Å². The first kappa shape index (κ1) is 16.4. The molecule has 0 bridgehead atoms. The second-order valence-electron chi connectivity index (χ2n) is 6.47. The van der Waals surface area contributed by atoms with Crippen molar-refractivity contribution in [2.75, 3.05) is 33.0 Å². The number of carbonyl (C=O) groups excluding carboxylic acids is 1. The minimum absolute atomic E-state index is 0.0165. The molecule has 25 heavy (non-hydrogen) atoms. The maximum Gasteiger partial charge on any atom is 0.258 e. The van der Waals surface area contributed by atoms with Gasteiger partial charge in [0.05, 0.1) is 30.9 Å². The quantitative estimate of drug-likeness (QED) is 0.782. The predicted octanol–water partition coefficient (Wildman–Crippen LogP) is 2.03. The van der Waals surface area contributed by atoms with Gasteiger partial charge in [-0.25, -0.2) is 0 Å². The van der Waals surface area contributed by atoms with Gasteiger partial charge in [0.15, 0.2) is 11.5 Å². The average molecular weight is 345 g/mol. The first-order chi connectivity index (χ1) is 12.3. The third kappa shape index (κ3) is 3.00. The molecular formula is C19H23NO5. The van der Waals surface area contributed by atoms with Crippen molar-refractivity contribution in [1.82, 2.24) is 4.90 Å². The first-order valence-corrected chi connectivity index (χ1v) is 8.83. The van der Waals surface area contributed by atoms with Crippen LogP contribution >= 0.6 is 0 Å². The maximum atomic E-state index is 13.2. The van der Waals surface area contributed by atoms with E-state index in [1.807, 2.05) is 17.0 Å². The fourth-order valence-electron chi connectivity index (χ4n) is 3.93. The molecule has 1 amide bonds. The van der Waals surface area contributed by atoms with Crippen LogP contribution in [0, 0.1) is 0 Å². The summed E-state index contributed by atoms with van der Waals surface area (Å²) in [4.78, 5) is 15.1. The van der Waals surface area contributed by atoms with E-state index in [-0.39, 0.29) is 24.2 Å². The topological polar surface area (TPSA) is 57.2 Å². The third-order valence-corrected chi connectivity index (χ3v) is 5.02. The van der Waals surface area contributed by atoms with Crippen LogP contribution in [-0.2, 0) is 9.47 Å². The number of hydrogen-bond acceptors (Lipinski definition) is 5. The molecule has 2 fully saturated rings. The highest BCUT2D eigenvalue weighted by Crippen LogP contribution is 2.37. The van der Waals surface area contributed by atoms with Gasteiger partial charge in [0, 0.05) is 6.54 Å². The number of para-hydroxylation sites is 1. The summed E-state index contributed by atoms with van der Waals surface area (Å²) in [6.45, 7) is 6.27. The lowest BCUT2D eigenvalue weighted by molar-refractivity contribution is -0.100. The van der Waals surface area contributed by atoms with Crippen LogP contribution in [0.1, 0.15) is 23.2 Å². The number of nitrogens with zero attached hydrogens (tertiary/aromatic N) is 1. The lowest BCUT2D eigenvalue weighted by Gasteiger charge is -2.39. The summed E-state index contributed by atoms with van der Waals surface area (Å²) in [6, 6.07) is 5.52. The van der Waals surface area contributed by atoms with Crippen LogP contribution in [0.4, 0.5) is 0 Å². The highest BCUT2D eigenvalue weighted by Gasteiger charge is 2.45. The van der Waals surface area contributed by atoms with E-state index in [1.165, 1.54) is 0 Å². The maximum absolute atomic E-state index is 13.2. The van der Waals surface area contributed by atoms with Gasteiger partial charge in [-0.2, -0.15) is 0 Å². The number of hydrogen-bond donors (Lipinski definition) is 0. The Morgan fingerprint density at radius 1 is 1.28 bits per heavy atom. The molecule has 6 heteroatoms. The summed E-state index contributed by atoms with van der Waals surface area (Å²) in [7, 11) is 0. The van der Waals surface area contributed by atoms with Crippen molar-refractivity contribution in [2.45, 2.75) is 31.1 Å². The lowest BCUT2D eigenvalue weighted by Crippen LogP contribution is -2.54. The molecule has 3 aliphatic rings. The Hall–Kier alpha value is -2.05. The summed E-state index contributed by atoms with van der Waals surface area (Å²) in [5.74, 6) is 1.17. The number of rotatable bonds is 4. The Balaban J connectivity index is 1.56. The number of amides is 1. The molecule has 0 unspecified atom stereocenters. The van der Waals surface area contributed by atoms with Crippen LogP contribution in [0.15, 0.2) is 30.9 Å². The smallest absolute Gasteiger partial charge is 0.258 e. The van der Waals surface area contributed by atoms with Crippen molar-refractivity contribution in [3.8, 4) is 11.5 Å². The van der Waals surface area contributed by atoms with Gasteiger partial charge in [0.25, 0.3) is 5.91 Å². The highest BCUT2D eigenvalue weighted by molar-refractivity contribution is 5.98. The SMILES string of the molecule is C=CCO[C@@H]1CC[C@@H]2[C@H]1OCCN2C(=O)c1cccc2c1OCCO2. The molecule has 0 aromatic heterocycles. The second-order valence-corrected chi connectivity index (χ2v) is 6.47. The lowest BCUT2D eigenvalue weighted by atomic mass is 10.1. The molecule has 1 saturated carbocycles. The molecule has 2 aliphatic heterocycles. The van der Waals surface area contributed by atoms with Gasteiger partial charge in [-0.15, -0.1) is 6.58 Å². The molecule has 1 aromatic rings. The number of ether oxygens (including phenoxy) is 4. The van der Waals surface area contributed by atoms with E-state index in [9.17, 15) is 4.79 Å². The molecule has 4 rings (SSSR count). The Bertz CT molecular complexity index is 661. The van der Waals surface area contributed by atoms with Crippen LogP contribution in [0.3, 0.4) is 0 Å². The van der Waals surface area contributed by atoms with Crippen molar-refractivity contribution < 1.29 is 23.7 Å². The van der Waals surface area contributed by atoms with Crippen molar-refractivity contribution in [3.05, 3.63) is 36.4 Å². The van der Waals surface area contributed by atoms with Crippen LogP contribution in [0.25, 0.3) is 0 Å². The number of carbonyl (C=O) groups is 1. The van der Waals surface area contributed by atoms with Crippen molar-refractivity contribution in [2.24, 2.45) is 0 Å². The standard InChI is InChI=1S/C19H23NO5/c1-2-9-22-16-7-6-14-18(16)24-10-8-20(14)19(21)13-4-3-5-15-17(13)25-12-11-23-15/h2-5,14,16,18H,1,6-12H2/t14-,16-,18-/m1/s1. The van der Waals surface area contributed by atoms with Crippen LogP contribution < -0.4 is 9.47 Å². The largest absolute Gasteiger partial charge is 0.486 e. The Kier molecular flexibility index (Phi) is 4.63. The molecule has 2 heterocycles. The van der Waals surface area contributed by atoms with Gasteiger partial charge < -0.3 is 23.8 Å². The molecule has 1 aliphatic carbocycles. The van der Waals surface area contributed by atoms with Gasteiger partial charge in [0.2, 0.25) is 0 Å². The van der Waals surface area contributed by atoms with Gasteiger partial charge in [-0.3, -0.25) is 4.79 Å². The van der Waals surface area contributed by atoms with E-state index in [0.29, 0.717) is 50.0 Å². The summed E-state index contributed by atoms with van der Waals surface area (Å²) in [5.41, 5.74) is 0.563. The summed E-state index contributed by atoms with van der Waals surface area (Å²) in [5, 5.41) is 0. The Morgan fingerprint density at radius 2 is 2.16 bits per heavy atom. The number of benzene rings is 1. The predicted molar refractivity (Wildman–Crippen MR) is 91.2 cm³/mol. The van der Waals surface area contributed by atoms with Crippen molar-refractivity contribution >= 4 is 5.91 Å². The van der Waals surface area contributed by atoms with E-state index in [1.54, 1.807) is 12.1 Å². The molecule has 3 atom stereocenters. The van der Waals surface area contributed by atoms with Gasteiger partial charge in [0.1, 0.15) is 19.3 Å². The molecule has 6 nitrogen and oxygen atoms in total. The summed E-state index contributed by atoms with van der Waals surface area (Å²) < 4.78 is 23.1. The fraction of sp³-hybridized carbons (Fsp3) is 0.526. The van der Waals surface area contributed by atoms with Gasteiger partial charge >= 0.3 is 0 Å². The summed E-state index contributed by atoms with van der Waals surface area (Å²) >= 11 is 0. The minimum Gasteiger partial charge on any atom is -0.486 e. The second kappa shape index (κ2) is 7.06.